The summed E-state index contributed by atoms with van der Waals surface area (Å²) in [5.41, 5.74) is 0. The number of halogens is 2. The van der Waals surface area contributed by atoms with Gasteiger partial charge in [-0.1, -0.05) is 0 Å². The molecule has 1 N–H and O–H groups in total. The minimum absolute atomic E-state index is 0. The molecule has 1 fully saturated rings. The Morgan fingerprint density at radius 3 is 2.25 bits per heavy atom. The van der Waals surface area contributed by atoms with Crippen molar-refractivity contribution in [2.45, 2.75) is 19.3 Å². The molecule has 0 aromatic rings. The lowest BCUT2D eigenvalue weighted by Crippen LogP contribution is -2.23. The molecule has 12 heavy (non-hydrogen) atoms. The second kappa shape index (κ2) is 9.59. The summed E-state index contributed by atoms with van der Waals surface area (Å²) in [6, 6.07) is 0. The summed E-state index contributed by atoms with van der Waals surface area (Å²) >= 11 is 0. The molecule has 0 spiro atoms. The molecule has 76 valence electrons. The minimum atomic E-state index is 0. The van der Waals surface area contributed by atoms with E-state index in [0.29, 0.717) is 0 Å². The second-order valence-electron chi connectivity index (χ2n) is 3.01. The summed E-state index contributed by atoms with van der Waals surface area (Å²) in [6.07, 6.45) is 4.13. The third-order valence-electron chi connectivity index (χ3n) is 2.10. The van der Waals surface area contributed by atoms with Crippen molar-refractivity contribution in [2.75, 3.05) is 33.2 Å². The fourth-order valence-corrected chi connectivity index (χ4v) is 1.49. The van der Waals surface area contributed by atoms with Crippen molar-refractivity contribution < 1.29 is 0 Å². The van der Waals surface area contributed by atoms with Crippen LogP contribution in [0.3, 0.4) is 0 Å². The normalized spacial score (nSPS) is 16.8. The van der Waals surface area contributed by atoms with Crippen molar-refractivity contribution in [1.82, 2.24) is 10.2 Å². The molecule has 1 aliphatic rings. The Kier molecular flexibility index (Phi) is 12.0. The van der Waals surface area contributed by atoms with E-state index in [9.17, 15) is 0 Å². The highest BCUT2D eigenvalue weighted by Gasteiger charge is 2.09. The Labute approximate surface area is 87.9 Å². The van der Waals surface area contributed by atoms with Crippen LogP contribution in [0.25, 0.3) is 0 Å². The molecule has 0 amide bonds. The lowest BCUT2D eigenvalue weighted by atomic mass is 10.4. The van der Waals surface area contributed by atoms with Gasteiger partial charge in [-0.05, 0) is 52.5 Å². The molecule has 1 saturated heterocycles. The lowest BCUT2D eigenvalue weighted by Gasteiger charge is -2.13. The molecule has 4 heteroatoms. The maximum Gasteiger partial charge on any atom is -0.000664 e. The maximum absolute atomic E-state index is 3.16. The van der Waals surface area contributed by atoms with Crippen LogP contribution in [0.5, 0.6) is 0 Å². The smallest absolute Gasteiger partial charge is 0.000664 e. The van der Waals surface area contributed by atoms with Gasteiger partial charge in [0.1, 0.15) is 0 Å². The van der Waals surface area contributed by atoms with Gasteiger partial charge in [0, 0.05) is 0 Å². The number of rotatable bonds is 4. The van der Waals surface area contributed by atoms with Crippen LogP contribution in [0.15, 0.2) is 0 Å². The van der Waals surface area contributed by atoms with E-state index in [-0.39, 0.29) is 24.8 Å². The van der Waals surface area contributed by atoms with E-state index in [4.69, 9.17) is 0 Å². The van der Waals surface area contributed by atoms with Crippen LogP contribution >= 0.6 is 24.8 Å². The summed E-state index contributed by atoms with van der Waals surface area (Å²) in [7, 11) is 2.02. The highest BCUT2D eigenvalue weighted by atomic mass is 35.5. The summed E-state index contributed by atoms with van der Waals surface area (Å²) in [5, 5.41) is 3.16. The molecule has 0 aromatic carbocycles. The van der Waals surface area contributed by atoms with Crippen molar-refractivity contribution in [2.24, 2.45) is 0 Å². The molecule has 0 bridgehead atoms. The Hall–Kier alpha value is 0.500. The zero-order chi connectivity index (χ0) is 7.23. The number of hydrogen-bond acceptors (Lipinski definition) is 2. The number of hydrogen-bond donors (Lipinski definition) is 1. The number of nitrogens with one attached hydrogen (secondary N) is 1. The van der Waals surface area contributed by atoms with Crippen molar-refractivity contribution in [3.8, 4) is 0 Å². The molecule has 2 nitrogen and oxygen atoms in total. The van der Waals surface area contributed by atoms with Crippen molar-refractivity contribution in [1.29, 1.82) is 0 Å². The molecule has 1 heterocycles. The fourth-order valence-electron chi connectivity index (χ4n) is 1.49. The first-order valence-corrected chi connectivity index (χ1v) is 4.30. The van der Waals surface area contributed by atoms with Crippen LogP contribution in [-0.2, 0) is 0 Å². The van der Waals surface area contributed by atoms with E-state index in [0.717, 1.165) is 6.54 Å². The molecule has 0 aliphatic carbocycles. The molecule has 1 rings (SSSR count). The minimum Gasteiger partial charge on any atom is -0.320 e. The van der Waals surface area contributed by atoms with E-state index >= 15 is 0 Å². The monoisotopic (exact) mass is 214 g/mol. The predicted octanol–water partition coefficient (Wildman–Crippen LogP) is 1.54. The first kappa shape index (κ1) is 15.0. The van der Waals surface area contributed by atoms with Gasteiger partial charge >= 0.3 is 0 Å². The van der Waals surface area contributed by atoms with Gasteiger partial charge in [-0.2, -0.15) is 0 Å². The average molecular weight is 215 g/mol. The topological polar surface area (TPSA) is 15.3 Å². The van der Waals surface area contributed by atoms with E-state index < -0.39 is 0 Å². The van der Waals surface area contributed by atoms with Crippen LogP contribution in [0.2, 0.25) is 0 Å². The second-order valence-corrected chi connectivity index (χ2v) is 3.01. The number of nitrogens with zero attached hydrogens (tertiary/aromatic N) is 1. The fraction of sp³-hybridized carbons (Fsp3) is 1.00. The summed E-state index contributed by atoms with van der Waals surface area (Å²) in [6.45, 7) is 5.13. The van der Waals surface area contributed by atoms with E-state index in [1.165, 1.54) is 38.9 Å². The van der Waals surface area contributed by atoms with E-state index in [1.54, 1.807) is 0 Å². The average Bonchev–Trinajstić information content (AvgIpc) is 2.41. The van der Waals surface area contributed by atoms with Crippen LogP contribution < -0.4 is 5.32 Å². The highest BCUT2D eigenvalue weighted by molar-refractivity contribution is 5.85. The molecule has 0 saturated carbocycles. The van der Waals surface area contributed by atoms with Crippen molar-refractivity contribution in [3.63, 3.8) is 0 Å². The summed E-state index contributed by atoms with van der Waals surface area (Å²) in [4.78, 5) is 2.55. The Balaban J connectivity index is 0. The van der Waals surface area contributed by atoms with Crippen molar-refractivity contribution >= 4 is 24.8 Å². The zero-order valence-electron chi connectivity index (χ0n) is 7.71. The predicted molar refractivity (Wildman–Crippen MR) is 58.7 cm³/mol. The van der Waals surface area contributed by atoms with Gasteiger partial charge in [-0.15, -0.1) is 24.8 Å². The van der Waals surface area contributed by atoms with Crippen LogP contribution in [0, 0.1) is 0 Å². The summed E-state index contributed by atoms with van der Waals surface area (Å²) in [5.74, 6) is 0. The molecular weight excluding hydrogens is 195 g/mol. The quantitative estimate of drug-likeness (QED) is 0.715. The third kappa shape index (κ3) is 6.06. The van der Waals surface area contributed by atoms with Gasteiger partial charge in [0.25, 0.3) is 0 Å². The third-order valence-corrected chi connectivity index (χ3v) is 2.10. The lowest BCUT2D eigenvalue weighted by molar-refractivity contribution is 0.333. The van der Waals surface area contributed by atoms with E-state index in [2.05, 4.69) is 10.2 Å². The van der Waals surface area contributed by atoms with Gasteiger partial charge in [0.2, 0.25) is 0 Å². The van der Waals surface area contributed by atoms with Gasteiger partial charge in [0.05, 0.1) is 0 Å². The maximum atomic E-state index is 3.16. The molecule has 0 radical (unpaired) electrons. The Bertz CT molecular complexity index is 85.1. The molecule has 0 aromatic heterocycles. The zero-order valence-corrected chi connectivity index (χ0v) is 9.35. The highest BCUT2D eigenvalue weighted by Crippen LogP contribution is 2.06. The van der Waals surface area contributed by atoms with Gasteiger partial charge in [-0.25, -0.2) is 0 Å². The van der Waals surface area contributed by atoms with Gasteiger partial charge < -0.3 is 10.2 Å². The van der Waals surface area contributed by atoms with Gasteiger partial charge in [0.15, 0.2) is 0 Å². The molecule has 0 atom stereocenters. The number of likely N-dealkylation sites (tertiary alicyclic amines) is 1. The largest absolute Gasteiger partial charge is 0.320 e. The van der Waals surface area contributed by atoms with Crippen LogP contribution in [0.1, 0.15) is 19.3 Å². The van der Waals surface area contributed by atoms with E-state index in [1.807, 2.05) is 7.05 Å². The van der Waals surface area contributed by atoms with Gasteiger partial charge in [-0.3, -0.25) is 0 Å². The van der Waals surface area contributed by atoms with Crippen LogP contribution in [-0.4, -0.2) is 38.1 Å². The Morgan fingerprint density at radius 1 is 1.17 bits per heavy atom. The molecule has 1 aliphatic heterocycles. The SMILES string of the molecule is CNCCCN1CCCC1.Cl.Cl. The first-order valence-electron chi connectivity index (χ1n) is 4.30. The molecular formula is C8H20Cl2N2. The standard InChI is InChI=1S/C8H18N2.2ClH/c1-9-5-4-8-10-6-2-3-7-10;;/h9H,2-8H2,1H3;2*1H. The molecule has 0 unspecified atom stereocenters. The van der Waals surface area contributed by atoms with Crippen molar-refractivity contribution in [3.05, 3.63) is 0 Å². The first-order chi connectivity index (χ1) is 4.93. The Morgan fingerprint density at radius 2 is 1.75 bits per heavy atom. The summed E-state index contributed by atoms with van der Waals surface area (Å²) < 4.78 is 0. The van der Waals surface area contributed by atoms with Crippen LogP contribution in [0.4, 0.5) is 0 Å².